The number of phenolic OH excluding ortho intramolecular Hbond substituents is 1. The number of hydrogen-bond acceptors (Lipinski definition) is 6. The number of carbonyl (C=O) groups is 1. The van der Waals surface area contributed by atoms with Crippen LogP contribution in [-0.2, 0) is 6.54 Å². The van der Waals surface area contributed by atoms with Crippen molar-refractivity contribution in [2.75, 3.05) is 5.32 Å². The van der Waals surface area contributed by atoms with Crippen LogP contribution in [0.4, 0.5) is 5.13 Å². The van der Waals surface area contributed by atoms with Crippen LogP contribution in [0.15, 0.2) is 30.9 Å². The van der Waals surface area contributed by atoms with Gasteiger partial charge in [-0.25, -0.2) is 4.98 Å². The molecule has 0 saturated carbocycles. The van der Waals surface area contributed by atoms with Crippen molar-refractivity contribution in [3.8, 4) is 16.5 Å². The van der Waals surface area contributed by atoms with Crippen LogP contribution in [0.3, 0.4) is 0 Å². The number of rotatable bonds is 5. The number of nitrogens with zero attached hydrogens (tertiary/aromatic N) is 3. The van der Waals surface area contributed by atoms with Crippen molar-refractivity contribution in [1.82, 2.24) is 19.7 Å². The van der Waals surface area contributed by atoms with E-state index in [4.69, 9.17) is 12.2 Å². The summed E-state index contributed by atoms with van der Waals surface area (Å²) in [5, 5.41) is 20.1. The fourth-order valence-corrected chi connectivity index (χ4v) is 3.61. The van der Waals surface area contributed by atoms with Gasteiger partial charge in [0.05, 0.1) is 16.1 Å². The summed E-state index contributed by atoms with van der Waals surface area (Å²) in [5.74, 6) is 0.152. The largest absolute Gasteiger partial charge is 0.507 e. The van der Waals surface area contributed by atoms with E-state index in [1.54, 1.807) is 28.8 Å². The second kappa shape index (κ2) is 7.22. The third-order valence-corrected chi connectivity index (χ3v) is 5.07. The molecule has 0 aliphatic carbocycles. The Morgan fingerprint density at radius 1 is 1.50 bits per heavy atom. The SMILES string of the molecule is C=CCn1c(-c2sc(NC(=O)c3ccc(C)cc3O)nc2C)n[nH]c1=S. The molecule has 2 aromatic heterocycles. The number of aromatic amines is 1. The molecule has 0 radical (unpaired) electrons. The molecule has 0 unspecified atom stereocenters. The maximum atomic E-state index is 12.4. The molecule has 0 spiro atoms. The third kappa shape index (κ3) is 3.44. The molecule has 2 heterocycles. The summed E-state index contributed by atoms with van der Waals surface area (Å²) in [4.78, 5) is 17.6. The normalized spacial score (nSPS) is 10.7. The third-order valence-electron chi connectivity index (χ3n) is 3.69. The average molecular weight is 387 g/mol. The zero-order valence-electron chi connectivity index (χ0n) is 14.2. The Labute approximate surface area is 159 Å². The van der Waals surface area contributed by atoms with Gasteiger partial charge in [-0.05, 0) is 43.8 Å². The Morgan fingerprint density at radius 2 is 2.27 bits per heavy atom. The lowest BCUT2D eigenvalue weighted by Gasteiger charge is -2.05. The summed E-state index contributed by atoms with van der Waals surface area (Å²) in [5.41, 5.74) is 1.79. The molecule has 26 heavy (non-hydrogen) atoms. The fourth-order valence-electron chi connectivity index (χ4n) is 2.44. The van der Waals surface area contributed by atoms with E-state index in [1.165, 1.54) is 11.3 Å². The highest BCUT2D eigenvalue weighted by Gasteiger charge is 2.18. The smallest absolute Gasteiger partial charge is 0.261 e. The maximum absolute atomic E-state index is 12.4. The molecule has 0 aliphatic rings. The van der Waals surface area contributed by atoms with E-state index in [1.807, 2.05) is 13.8 Å². The highest BCUT2D eigenvalue weighted by Crippen LogP contribution is 2.32. The molecule has 3 rings (SSSR count). The van der Waals surface area contributed by atoms with Crippen LogP contribution in [0, 0.1) is 18.6 Å². The van der Waals surface area contributed by atoms with Crippen molar-refractivity contribution >= 4 is 34.6 Å². The number of H-pyrrole nitrogens is 1. The van der Waals surface area contributed by atoms with Crippen molar-refractivity contribution in [1.29, 1.82) is 0 Å². The van der Waals surface area contributed by atoms with Crippen LogP contribution in [0.2, 0.25) is 0 Å². The van der Waals surface area contributed by atoms with Crippen molar-refractivity contribution in [2.24, 2.45) is 0 Å². The van der Waals surface area contributed by atoms with Crippen LogP contribution in [0.25, 0.3) is 10.7 Å². The molecule has 134 valence electrons. The second-order valence-electron chi connectivity index (χ2n) is 5.66. The van der Waals surface area contributed by atoms with Crippen molar-refractivity contribution in [3.63, 3.8) is 0 Å². The highest BCUT2D eigenvalue weighted by molar-refractivity contribution is 7.71. The van der Waals surface area contributed by atoms with E-state index >= 15 is 0 Å². The Bertz CT molecular complexity index is 1050. The van der Waals surface area contributed by atoms with Gasteiger partial charge in [-0.1, -0.05) is 23.5 Å². The number of anilines is 1. The average Bonchev–Trinajstić information content (AvgIpc) is 3.11. The Balaban J connectivity index is 1.90. The van der Waals surface area contributed by atoms with Crippen LogP contribution in [0.5, 0.6) is 5.75 Å². The van der Waals surface area contributed by atoms with E-state index in [9.17, 15) is 9.90 Å². The van der Waals surface area contributed by atoms with Gasteiger partial charge in [0, 0.05) is 6.54 Å². The van der Waals surface area contributed by atoms with Gasteiger partial charge in [-0.15, -0.1) is 6.58 Å². The molecule has 0 fully saturated rings. The monoisotopic (exact) mass is 387 g/mol. The summed E-state index contributed by atoms with van der Waals surface area (Å²) < 4.78 is 2.29. The summed E-state index contributed by atoms with van der Waals surface area (Å²) in [6, 6.07) is 4.89. The predicted molar refractivity (Wildman–Crippen MR) is 104 cm³/mol. The van der Waals surface area contributed by atoms with Crippen LogP contribution in [0.1, 0.15) is 21.6 Å². The number of aryl methyl sites for hydroxylation is 2. The van der Waals surface area contributed by atoms with Gasteiger partial charge in [0.2, 0.25) is 0 Å². The molecule has 0 bridgehead atoms. The molecule has 0 saturated heterocycles. The van der Waals surface area contributed by atoms with E-state index in [-0.39, 0.29) is 11.3 Å². The summed E-state index contributed by atoms with van der Waals surface area (Å²) in [6.07, 6.45) is 1.73. The fraction of sp³-hybridized carbons (Fsp3) is 0.176. The van der Waals surface area contributed by atoms with Crippen LogP contribution in [-0.4, -0.2) is 30.8 Å². The van der Waals surface area contributed by atoms with Crippen LogP contribution < -0.4 is 5.32 Å². The zero-order valence-corrected chi connectivity index (χ0v) is 15.9. The Morgan fingerprint density at radius 3 is 2.96 bits per heavy atom. The first-order chi connectivity index (χ1) is 12.4. The molecule has 1 amide bonds. The minimum absolute atomic E-state index is 0.0668. The van der Waals surface area contributed by atoms with Crippen molar-refractivity contribution in [2.45, 2.75) is 20.4 Å². The molecular formula is C17H17N5O2S2. The maximum Gasteiger partial charge on any atom is 0.261 e. The minimum Gasteiger partial charge on any atom is -0.507 e. The highest BCUT2D eigenvalue weighted by atomic mass is 32.1. The lowest BCUT2D eigenvalue weighted by molar-refractivity contribution is 0.102. The number of carbonyl (C=O) groups excluding carboxylic acids is 1. The van der Waals surface area contributed by atoms with Gasteiger partial charge in [-0.3, -0.25) is 19.8 Å². The van der Waals surface area contributed by atoms with Gasteiger partial charge in [0.25, 0.3) is 5.91 Å². The van der Waals surface area contributed by atoms with Crippen molar-refractivity contribution in [3.05, 3.63) is 52.4 Å². The molecule has 1 aromatic carbocycles. The van der Waals surface area contributed by atoms with Gasteiger partial charge >= 0.3 is 0 Å². The summed E-state index contributed by atoms with van der Waals surface area (Å²) >= 11 is 6.52. The van der Waals surface area contributed by atoms with Gasteiger partial charge in [-0.2, -0.15) is 5.10 Å². The van der Waals surface area contributed by atoms with Crippen LogP contribution >= 0.6 is 23.6 Å². The van der Waals surface area contributed by atoms with E-state index in [2.05, 4.69) is 27.1 Å². The van der Waals surface area contributed by atoms with E-state index < -0.39 is 5.91 Å². The number of phenols is 1. The number of allylic oxidation sites excluding steroid dienone is 1. The Kier molecular flexibility index (Phi) is 5.01. The number of hydrogen-bond donors (Lipinski definition) is 3. The molecule has 7 nitrogen and oxygen atoms in total. The minimum atomic E-state index is -0.423. The van der Waals surface area contributed by atoms with E-state index in [0.717, 1.165) is 16.1 Å². The topological polar surface area (TPSA) is 95.8 Å². The second-order valence-corrected chi connectivity index (χ2v) is 7.05. The molecule has 9 heteroatoms. The van der Waals surface area contributed by atoms with E-state index in [0.29, 0.717) is 22.3 Å². The molecule has 0 aliphatic heterocycles. The number of thiazole rings is 1. The number of nitrogens with one attached hydrogen (secondary N) is 2. The molecule has 3 N–H and O–H groups in total. The quantitative estimate of drug-likeness (QED) is 0.457. The predicted octanol–water partition coefficient (Wildman–Crippen LogP) is 3.82. The molecule has 3 aromatic rings. The first-order valence-electron chi connectivity index (χ1n) is 7.75. The van der Waals surface area contributed by atoms with Crippen molar-refractivity contribution < 1.29 is 9.90 Å². The first-order valence-corrected chi connectivity index (χ1v) is 8.98. The number of aromatic nitrogens is 4. The molecular weight excluding hydrogens is 370 g/mol. The van der Waals surface area contributed by atoms with Gasteiger partial charge in [0.1, 0.15) is 5.75 Å². The first kappa shape index (κ1) is 18.0. The lowest BCUT2D eigenvalue weighted by atomic mass is 10.1. The number of amides is 1. The molecule has 0 atom stereocenters. The summed E-state index contributed by atoms with van der Waals surface area (Å²) in [7, 11) is 0. The zero-order chi connectivity index (χ0) is 18.8. The number of benzene rings is 1. The summed E-state index contributed by atoms with van der Waals surface area (Å²) in [6.45, 7) is 7.91. The lowest BCUT2D eigenvalue weighted by Crippen LogP contribution is -2.11. The number of aromatic hydroxyl groups is 1. The van der Waals surface area contributed by atoms with Gasteiger partial charge < -0.3 is 5.11 Å². The van der Waals surface area contributed by atoms with Gasteiger partial charge in [0.15, 0.2) is 15.7 Å². The standard InChI is InChI=1S/C17H17N5O2S2/c1-4-7-22-14(20-21-17(22)25)13-10(3)18-16(26-13)19-15(24)11-6-5-9(2)8-12(11)23/h4-6,8,23H,1,7H2,2-3H3,(H,21,25)(H,18,19,24). The Hall–Kier alpha value is -2.78.